The topological polar surface area (TPSA) is 138 Å². The number of fused-ring (bicyclic) bond motifs is 1. The Balaban J connectivity index is 1.47. The van der Waals surface area contributed by atoms with Crippen LogP contribution < -0.4 is 21.1 Å². The summed E-state index contributed by atoms with van der Waals surface area (Å²) in [4.78, 5) is 24.7. The van der Waals surface area contributed by atoms with E-state index in [1.165, 1.54) is 6.42 Å². The van der Waals surface area contributed by atoms with Gasteiger partial charge in [0.05, 0.1) is 5.56 Å². The molecule has 1 aliphatic carbocycles. The fraction of sp³-hybridized carbons (Fsp3) is 0.194. The lowest BCUT2D eigenvalue weighted by molar-refractivity contribution is 0.0697. The molecule has 0 atom stereocenters. The number of nitrogen functional groups attached to an aromatic ring is 1. The molecular weight excluding hydrogens is 492 g/mol. The van der Waals surface area contributed by atoms with Gasteiger partial charge in [0.2, 0.25) is 0 Å². The molecule has 4 aromatic rings. The number of rotatable bonds is 7. The van der Waals surface area contributed by atoms with E-state index in [-0.39, 0.29) is 23.5 Å². The maximum absolute atomic E-state index is 12.7. The number of nitrogens with one attached hydrogen (secondary N) is 3. The minimum Gasteiger partial charge on any atom is -0.478 e. The van der Waals surface area contributed by atoms with Gasteiger partial charge in [0.1, 0.15) is 17.3 Å². The molecule has 1 aliphatic rings. The highest BCUT2D eigenvalue weighted by Crippen LogP contribution is 2.38. The van der Waals surface area contributed by atoms with Crippen molar-refractivity contribution in [3.8, 4) is 22.6 Å². The summed E-state index contributed by atoms with van der Waals surface area (Å²) in [7, 11) is 0. The summed E-state index contributed by atoms with van der Waals surface area (Å²) < 4.78 is 6.28. The van der Waals surface area contributed by atoms with E-state index < -0.39 is 5.97 Å². The number of nitrogens with two attached hydrogens (primary N) is 1. The number of hydrogen-bond acceptors (Lipinski definition) is 4. The monoisotopic (exact) mass is 522 g/mol. The van der Waals surface area contributed by atoms with Crippen LogP contribution in [-0.4, -0.2) is 29.0 Å². The van der Waals surface area contributed by atoms with Crippen LogP contribution in [0.25, 0.3) is 21.9 Å². The Morgan fingerprint density at radius 1 is 0.872 bits per heavy atom. The van der Waals surface area contributed by atoms with Gasteiger partial charge in [0, 0.05) is 22.9 Å². The summed E-state index contributed by atoms with van der Waals surface area (Å²) in [6.45, 7) is 0. The molecule has 6 N–H and O–H groups in total. The van der Waals surface area contributed by atoms with Gasteiger partial charge < -0.3 is 26.2 Å². The molecule has 0 unspecified atom stereocenters. The predicted molar refractivity (Wildman–Crippen MR) is 153 cm³/mol. The number of carbonyl (C=O) groups is 2. The Morgan fingerprint density at radius 2 is 1.62 bits per heavy atom. The van der Waals surface area contributed by atoms with Gasteiger partial charge in [-0.05, 0) is 71.6 Å². The van der Waals surface area contributed by atoms with Crippen molar-refractivity contribution in [1.82, 2.24) is 5.32 Å². The quantitative estimate of drug-likeness (QED) is 0.135. The summed E-state index contributed by atoms with van der Waals surface area (Å²) >= 11 is 0. The Bertz CT molecular complexity index is 1560. The third-order valence-electron chi connectivity index (χ3n) is 6.98. The maximum Gasteiger partial charge on any atom is 0.336 e. The van der Waals surface area contributed by atoms with E-state index in [0.29, 0.717) is 33.9 Å². The smallest absolute Gasteiger partial charge is 0.336 e. The molecule has 0 aliphatic heterocycles. The molecule has 39 heavy (non-hydrogen) atoms. The van der Waals surface area contributed by atoms with Crippen molar-refractivity contribution in [3.63, 3.8) is 0 Å². The number of ether oxygens (including phenoxy) is 1. The van der Waals surface area contributed by atoms with Crippen LogP contribution in [0.1, 0.15) is 48.0 Å². The predicted octanol–water partition coefficient (Wildman–Crippen LogP) is 6.74. The molecule has 198 valence electrons. The van der Waals surface area contributed by atoms with Crippen LogP contribution in [0, 0.1) is 5.41 Å². The summed E-state index contributed by atoms with van der Waals surface area (Å²) in [5.41, 5.74) is 7.92. The zero-order valence-electron chi connectivity index (χ0n) is 21.4. The standard InChI is InChI=1S/C31H30N4O4/c32-29(33)21-11-10-20-17-24(14-12-19(20)16-21)39-28-15-13-23(35-31(38)34-22-6-2-1-3-7-22)18-27(28)25-8-4-5-9-26(25)30(36)37/h4-5,8-18,22H,1-3,6-7H2,(H3,32,33)(H,36,37)(H2,34,35,38). The number of amidine groups is 1. The van der Waals surface area contributed by atoms with E-state index in [1.54, 1.807) is 48.5 Å². The number of anilines is 1. The number of aromatic carboxylic acids is 1. The lowest BCUT2D eigenvalue weighted by Crippen LogP contribution is -2.39. The maximum atomic E-state index is 12.7. The van der Waals surface area contributed by atoms with Gasteiger partial charge >= 0.3 is 12.0 Å². The zero-order valence-corrected chi connectivity index (χ0v) is 21.4. The number of urea groups is 1. The van der Waals surface area contributed by atoms with Gasteiger partial charge in [-0.2, -0.15) is 0 Å². The molecule has 8 nitrogen and oxygen atoms in total. The molecule has 5 rings (SSSR count). The normalized spacial score (nSPS) is 13.5. The number of carbonyl (C=O) groups excluding carboxylic acids is 1. The first-order valence-electron chi connectivity index (χ1n) is 13.0. The molecule has 8 heteroatoms. The molecule has 1 saturated carbocycles. The molecule has 0 aromatic heterocycles. The molecule has 0 heterocycles. The zero-order chi connectivity index (χ0) is 27.4. The minimum atomic E-state index is -1.06. The molecule has 4 aromatic carbocycles. The average Bonchev–Trinajstić information content (AvgIpc) is 2.94. The van der Waals surface area contributed by atoms with Crippen LogP contribution in [0.15, 0.2) is 78.9 Å². The third kappa shape index (κ3) is 6.01. The molecule has 0 radical (unpaired) electrons. The van der Waals surface area contributed by atoms with Gasteiger partial charge in [-0.3, -0.25) is 5.41 Å². The first kappa shape index (κ1) is 25.8. The summed E-state index contributed by atoms with van der Waals surface area (Å²) in [6.07, 6.45) is 5.36. The average molecular weight is 523 g/mol. The number of carboxylic acids is 1. The number of carboxylic acid groups (broad SMARTS) is 1. The fourth-order valence-electron chi connectivity index (χ4n) is 4.99. The second-order valence-electron chi connectivity index (χ2n) is 9.73. The van der Waals surface area contributed by atoms with Crippen LogP contribution in [-0.2, 0) is 0 Å². The van der Waals surface area contributed by atoms with Crippen molar-refractivity contribution in [2.45, 2.75) is 38.1 Å². The highest BCUT2D eigenvalue weighted by molar-refractivity contribution is 6.00. The highest BCUT2D eigenvalue weighted by atomic mass is 16.5. The summed E-state index contributed by atoms with van der Waals surface area (Å²) in [6, 6.07) is 22.8. The highest BCUT2D eigenvalue weighted by Gasteiger charge is 2.19. The molecule has 0 spiro atoms. The fourth-order valence-corrected chi connectivity index (χ4v) is 4.99. The molecular formula is C31H30N4O4. The molecule has 0 bridgehead atoms. The van der Waals surface area contributed by atoms with Crippen LogP contribution >= 0.6 is 0 Å². The van der Waals surface area contributed by atoms with Gasteiger partial charge in [-0.25, -0.2) is 9.59 Å². The van der Waals surface area contributed by atoms with E-state index in [4.69, 9.17) is 15.9 Å². The van der Waals surface area contributed by atoms with E-state index in [1.807, 2.05) is 30.3 Å². The van der Waals surface area contributed by atoms with Crippen LogP contribution in [0.5, 0.6) is 11.5 Å². The van der Waals surface area contributed by atoms with Crippen molar-refractivity contribution >= 4 is 34.3 Å². The molecule has 0 saturated heterocycles. The van der Waals surface area contributed by atoms with Crippen molar-refractivity contribution in [2.75, 3.05) is 5.32 Å². The Labute approximate surface area is 226 Å². The van der Waals surface area contributed by atoms with Crippen molar-refractivity contribution in [2.24, 2.45) is 5.73 Å². The lowest BCUT2D eigenvalue weighted by atomic mass is 9.96. The first-order chi connectivity index (χ1) is 18.9. The SMILES string of the molecule is N=C(N)c1ccc2cc(Oc3ccc(NC(=O)NC4CCCCC4)cc3-c3ccccc3C(=O)O)ccc2c1. The largest absolute Gasteiger partial charge is 0.478 e. The molecule has 1 fully saturated rings. The Hall–Kier alpha value is -4.85. The van der Waals surface area contributed by atoms with Gasteiger partial charge in [-0.15, -0.1) is 0 Å². The van der Waals surface area contributed by atoms with Gasteiger partial charge in [-0.1, -0.05) is 55.7 Å². The van der Waals surface area contributed by atoms with E-state index in [2.05, 4.69) is 10.6 Å². The van der Waals surface area contributed by atoms with Gasteiger partial charge in [0.25, 0.3) is 0 Å². The van der Waals surface area contributed by atoms with Crippen LogP contribution in [0.4, 0.5) is 10.5 Å². The second-order valence-corrected chi connectivity index (χ2v) is 9.73. The van der Waals surface area contributed by atoms with Crippen molar-refractivity contribution in [1.29, 1.82) is 5.41 Å². The van der Waals surface area contributed by atoms with Crippen LogP contribution in [0.3, 0.4) is 0 Å². The minimum absolute atomic E-state index is 0.0000795. The first-order valence-corrected chi connectivity index (χ1v) is 13.0. The number of amides is 2. The van der Waals surface area contributed by atoms with Crippen molar-refractivity contribution < 1.29 is 19.4 Å². The number of hydrogen-bond donors (Lipinski definition) is 5. The van der Waals surface area contributed by atoms with E-state index >= 15 is 0 Å². The second kappa shape index (κ2) is 11.3. The van der Waals surface area contributed by atoms with Gasteiger partial charge in [0.15, 0.2) is 0 Å². The third-order valence-corrected chi connectivity index (χ3v) is 6.98. The summed E-state index contributed by atoms with van der Waals surface area (Å²) in [5.74, 6) is -0.0541. The Kier molecular flexibility index (Phi) is 7.45. The van der Waals surface area contributed by atoms with E-state index in [9.17, 15) is 14.7 Å². The lowest BCUT2D eigenvalue weighted by Gasteiger charge is -2.23. The van der Waals surface area contributed by atoms with Crippen LogP contribution in [0.2, 0.25) is 0 Å². The molecule has 2 amide bonds. The summed E-state index contributed by atoms with van der Waals surface area (Å²) in [5, 5.41) is 25.3. The Morgan fingerprint density at radius 3 is 2.38 bits per heavy atom. The van der Waals surface area contributed by atoms with Crippen molar-refractivity contribution in [3.05, 3.63) is 90.0 Å². The van der Waals surface area contributed by atoms with E-state index in [0.717, 1.165) is 36.5 Å². The number of benzene rings is 4.